The fraction of sp³-hybridized carbons (Fsp3) is 0.800. The van der Waals surface area contributed by atoms with Crippen molar-refractivity contribution in [2.75, 3.05) is 13.7 Å². The van der Waals surface area contributed by atoms with E-state index in [-0.39, 0.29) is 18.2 Å². The van der Waals surface area contributed by atoms with Crippen molar-refractivity contribution in [3.05, 3.63) is 0 Å². The summed E-state index contributed by atoms with van der Waals surface area (Å²) in [6.07, 6.45) is 3.67. The van der Waals surface area contributed by atoms with Crippen molar-refractivity contribution in [2.45, 2.75) is 77.0 Å². The maximum atomic E-state index is 12.9. The van der Waals surface area contributed by atoms with Crippen LogP contribution in [0.2, 0.25) is 0 Å². The van der Waals surface area contributed by atoms with Crippen molar-refractivity contribution >= 4 is 23.9 Å². The van der Waals surface area contributed by atoms with Crippen LogP contribution in [-0.2, 0) is 23.9 Å². The molecule has 1 saturated heterocycles. The van der Waals surface area contributed by atoms with Crippen molar-refractivity contribution in [1.82, 2.24) is 16.0 Å². The Bertz CT molecular complexity index is 626. The van der Waals surface area contributed by atoms with Gasteiger partial charge in [-0.05, 0) is 46.0 Å². The van der Waals surface area contributed by atoms with Crippen LogP contribution in [0.1, 0.15) is 59.3 Å². The molecular weight excluding hydrogens is 378 g/mol. The van der Waals surface area contributed by atoms with E-state index in [2.05, 4.69) is 16.0 Å². The smallest absolute Gasteiger partial charge is 0.408 e. The molecule has 9 heteroatoms. The number of esters is 1. The zero-order chi connectivity index (χ0) is 21.6. The highest BCUT2D eigenvalue weighted by molar-refractivity contribution is 5.90. The van der Waals surface area contributed by atoms with Crippen LogP contribution in [0.4, 0.5) is 4.79 Å². The molecule has 2 rings (SSSR count). The quantitative estimate of drug-likeness (QED) is 0.517. The molecular formula is C20H33N3O6. The molecule has 3 amide bonds. The Kier molecular flexibility index (Phi) is 7.87. The molecule has 164 valence electrons. The van der Waals surface area contributed by atoms with Gasteiger partial charge in [0.25, 0.3) is 0 Å². The molecule has 0 spiro atoms. The normalized spacial score (nSPS) is 21.4. The molecule has 3 unspecified atom stereocenters. The van der Waals surface area contributed by atoms with Gasteiger partial charge in [-0.3, -0.25) is 9.59 Å². The van der Waals surface area contributed by atoms with Crippen molar-refractivity contribution in [1.29, 1.82) is 0 Å². The van der Waals surface area contributed by atoms with E-state index in [4.69, 9.17) is 9.47 Å². The molecule has 0 bridgehead atoms. The zero-order valence-electron chi connectivity index (χ0n) is 17.7. The largest absolute Gasteiger partial charge is 0.467 e. The predicted molar refractivity (Wildman–Crippen MR) is 105 cm³/mol. The number of methoxy groups -OCH3 is 1. The van der Waals surface area contributed by atoms with E-state index in [1.807, 2.05) is 0 Å². The third kappa shape index (κ3) is 7.21. The monoisotopic (exact) mass is 411 g/mol. The molecule has 1 aliphatic heterocycles. The van der Waals surface area contributed by atoms with Crippen LogP contribution in [0.25, 0.3) is 0 Å². The Hall–Kier alpha value is -2.32. The zero-order valence-corrected chi connectivity index (χ0v) is 17.7. The number of carbonyl (C=O) groups excluding carboxylic acids is 4. The lowest BCUT2D eigenvalue weighted by molar-refractivity contribution is -0.146. The van der Waals surface area contributed by atoms with E-state index in [9.17, 15) is 19.2 Å². The summed E-state index contributed by atoms with van der Waals surface area (Å²) < 4.78 is 10.1. The molecule has 1 saturated carbocycles. The summed E-state index contributed by atoms with van der Waals surface area (Å²) in [6, 6.07) is -1.77. The number of nitrogens with one attached hydrogen (secondary N) is 3. The highest BCUT2D eigenvalue weighted by atomic mass is 16.6. The number of hydrogen-bond acceptors (Lipinski definition) is 6. The van der Waals surface area contributed by atoms with Crippen molar-refractivity contribution in [3.63, 3.8) is 0 Å². The van der Waals surface area contributed by atoms with Crippen LogP contribution in [0.3, 0.4) is 0 Å². The van der Waals surface area contributed by atoms with E-state index in [1.54, 1.807) is 20.8 Å². The summed E-state index contributed by atoms with van der Waals surface area (Å²) >= 11 is 0. The summed E-state index contributed by atoms with van der Waals surface area (Å²) in [4.78, 5) is 49.2. The number of ether oxygens (including phenoxy) is 2. The molecule has 2 aliphatic rings. The third-order valence-corrected chi connectivity index (χ3v) is 5.29. The number of hydrogen-bond donors (Lipinski definition) is 3. The van der Waals surface area contributed by atoms with Crippen LogP contribution >= 0.6 is 0 Å². The summed E-state index contributed by atoms with van der Waals surface area (Å²) in [5, 5.41) is 8.03. The standard InChI is InChI=1S/C20H33N3O6/c1-20(2,3)29-19(27)23-14(10-12-6-5-7-12)17(25)22-15(18(26)28-4)11-13-8-9-21-16(13)24/h12-15H,5-11H2,1-4H3,(H,21,24)(H,22,25)(H,23,27). The molecule has 1 heterocycles. The van der Waals surface area contributed by atoms with Gasteiger partial charge in [-0.1, -0.05) is 19.3 Å². The minimum atomic E-state index is -0.953. The van der Waals surface area contributed by atoms with E-state index in [0.717, 1.165) is 19.3 Å². The molecule has 0 aromatic rings. The lowest BCUT2D eigenvalue weighted by Crippen LogP contribution is -2.53. The van der Waals surface area contributed by atoms with Crippen LogP contribution in [0, 0.1) is 11.8 Å². The number of rotatable bonds is 8. The number of alkyl carbamates (subject to hydrolysis) is 1. The molecule has 29 heavy (non-hydrogen) atoms. The van der Waals surface area contributed by atoms with Gasteiger partial charge in [0.2, 0.25) is 11.8 Å². The van der Waals surface area contributed by atoms with Gasteiger partial charge in [0.1, 0.15) is 17.7 Å². The van der Waals surface area contributed by atoms with Gasteiger partial charge in [0.15, 0.2) is 0 Å². The van der Waals surface area contributed by atoms with Crippen molar-refractivity contribution < 1.29 is 28.7 Å². The topological polar surface area (TPSA) is 123 Å². The van der Waals surface area contributed by atoms with Gasteiger partial charge in [0.05, 0.1) is 7.11 Å². The first kappa shape index (κ1) is 23.0. The third-order valence-electron chi connectivity index (χ3n) is 5.29. The van der Waals surface area contributed by atoms with Crippen molar-refractivity contribution in [3.8, 4) is 0 Å². The molecule has 0 radical (unpaired) electrons. The Morgan fingerprint density at radius 3 is 2.28 bits per heavy atom. The average molecular weight is 411 g/mol. The van der Waals surface area contributed by atoms with E-state index >= 15 is 0 Å². The van der Waals surface area contributed by atoms with E-state index in [0.29, 0.717) is 25.3 Å². The minimum Gasteiger partial charge on any atom is -0.467 e. The fourth-order valence-electron chi connectivity index (χ4n) is 3.53. The molecule has 9 nitrogen and oxygen atoms in total. The predicted octanol–water partition coefficient (Wildman–Crippen LogP) is 1.25. The number of carbonyl (C=O) groups is 4. The van der Waals surface area contributed by atoms with Crippen LogP contribution in [-0.4, -0.2) is 55.2 Å². The van der Waals surface area contributed by atoms with Crippen LogP contribution in [0.5, 0.6) is 0 Å². The molecule has 3 N–H and O–H groups in total. The van der Waals surface area contributed by atoms with Crippen molar-refractivity contribution in [2.24, 2.45) is 11.8 Å². The maximum Gasteiger partial charge on any atom is 0.408 e. The maximum absolute atomic E-state index is 12.9. The van der Waals surface area contributed by atoms with Crippen LogP contribution < -0.4 is 16.0 Å². The lowest BCUT2D eigenvalue weighted by atomic mass is 9.80. The Morgan fingerprint density at radius 1 is 1.10 bits per heavy atom. The van der Waals surface area contributed by atoms with Gasteiger partial charge < -0.3 is 25.4 Å². The molecule has 0 aromatic heterocycles. The number of amides is 3. The Morgan fingerprint density at radius 2 is 1.79 bits per heavy atom. The Balaban J connectivity index is 2.04. The van der Waals surface area contributed by atoms with Crippen LogP contribution in [0.15, 0.2) is 0 Å². The highest BCUT2D eigenvalue weighted by Crippen LogP contribution is 2.30. The first-order valence-corrected chi connectivity index (χ1v) is 10.2. The Labute approximate surface area is 171 Å². The summed E-state index contributed by atoms with van der Waals surface area (Å²) in [5.41, 5.74) is -0.689. The molecule has 0 aromatic carbocycles. The second-order valence-electron chi connectivity index (χ2n) is 8.83. The van der Waals surface area contributed by atoms with Gasteiger partial charge in [-0.2, -0.15) is 0 Å². The SMILES string of the molecule is COC(=O)C(CC1CCNC1=O)NC(=O)C(CC1CCC1)NC(=O)OC(C)(C)C. The molecule has 1 aliphatic carbocycles. The van der Waals surface area contributed by atoms with E-state index < -0.39 is 35.7 Å². The fourth-order valence-corrected chi connectivity index (χ4v) is 3.53. The summed E-state index contributed by atoms with van der Waals surface area (Å²) in [6.45, 7) is 5.78. The van der Waals surface area contributed by atoms with Gasteiger partial charge in [-0.15, -0.1) is 0 Å². The van der Waals surface area contributed by atoms with E-state index in [1.165, 1.54) is 7.11 Å². The summed E-state index contributed by atoms with van der Waals surface area (Å²) in [5.74, 6) is -1.23. The second-order valence-corrected chi connectivity index (χ2v) is 8.83. The van der Waals surface area contributed by atoms with Gasteiger partial charge in [-0.25, -0.2) is 9.59 Å². The average Bonchev–Trinajstić information content (AvgIpc) is 2.98. The molecule has 2 fully saturated rings. The first-order valence-electron chi connectivity index (χ1n) is 10.2. The second kappa shape index (κ2) is 9.93. The highest BCUT2D eigenvalue weighted by Gasteiger charge is 2.35. The summed E-state index contributed by atoms with van der Waals surface area (Å²) in [7, 11) is 1.24. The minimum absolute atomic E-state index is 0.133. The lowest BCUT2D eigenvalue weighted by Gasteiger charge is -2.31. The van der Waals surface area contributed by atoms with Gasteiger partial charge >= 0.3 is 12.1 Å². The van der Waals surface area contributed by atoms with Gasteiger partial charge in [0, 0.05) is 12.5 Å². The first-order chi connectivity index (χ1) is 13.6. The molecule has 3 atom stereocenters.